The molecule has 0 radical (unpaired) electrons. The van der Waals surface area contributed by atoms with Gasteiger partial charge in [0.05, 0.1) is 15.6 Å². The number of piperidine rings is 1. The van der Waals surface area contributed by atoms with Gasteiger partial charge >= 0.3 is 0 Å². The highest BCUT2D eigenvalue weighted by Gasteiger charge is 2.32. The number of nitrogens with zero attached hydrogens (tertiary/aromatic N) is 2. The number of carbonyl (C=O) groups excluding carboxylic acids is 2. The number of hydrogen-bond donors (Lipinski definition) is 0. The summed E-state index contributed by atoms with van der Waals surface area (Å²) < 4.78 is 13.8. The molecular formula is C22H21Cl2FN2O2. The van der Waals surface area contributed by atoms with Crippen molar-refractivity contribution in [3.05, 3.63) is 69.0 Å². The molecule has 4 nitrogen and oxygen atoms in total. The van der Waals surface area contributed by atoms with E-state index in [1.807, 2.05) is 17.0 Å². The van der Waals surface area contributed by atoms with Gasteiger partial charge in [-0.3, -0.25) is 9.59 Å². The van der Waals surface area contributed by atoms with Crippen LogP contribution in [0.25, 0.3) is 0 Å². The standard InChI is InChI=1S/C22H21Cl2FN2O2/c23-18-12-19(24)20(25)11-17(18)22(29)26-8-6-15(7-9-26)21(28)27-10-5-14-3-1-2-4-16(14)13-27/h1-4,11-12,15H,5-10,13H2. The molecule has 7 heteroatoms. The number of hydrogen-bond acceptors (Lipinski definition) is 2. The second kappa shape index (κ2) is 8.33. The average molecular weight is 435 g/mol. The summed E-state index contributed by atoms with van der Waals surface area (Å²) in [6.45, 7) is 2.27. The SMILES string of the molecule is O=C(c1cc(F)c(Cl)cc1Cl)N1CCC(C(=O)N2CCc3ccccc3C2)CC1. The Morgan fingerprint density at radius 2 is 1.62 bits per heavy atom. The third kappa shape index (κ3) is 4.12. The Morgan fingerprint density at radius 3 is 2.34 bits per heavy atom. The second-order valence-corrected chi connectivity index (χ2v) is 8.41. The molecule has 0 unspecified atom stereocenters. The van der Waals surface area contributed by atoms with Crippen molar-refractivity contribution in [3.63, 3.8) is 0 Å². The molecule has 0 saturated carbocycles. The van der Waals surface area contributed by atoms with Gasteiger partial charge in [-0.05, 0) is 42.5 Å². The van der Waals surface area contributed by atoms with E-state index in [0.717, 1.165) is 19.0 Å². The Kier molecular flexibility index (Phi) is 5.79. The molecule has 29 heavy (non-hydrogen) atoms. The molecule has 0 N–H and O–H groups in total. The lowest BCUT2D eigenvalue weighted by Gasteiger charge is -2.36. The molecule has 0 spiro atoms. The largest absolute Gasteiger partial charge is 0.339 e. The van der Waals surface area contributed by atoms with Crippen molar-refractivity contribution in [2.75, 3.05) is 19.6 Å². The molecular weight excluding hydrogens is 414 g/mol. The average Bonchev–Trinajstić information content (AvgIpc) is 2.75. The van der Waals surface area contributed by atoms with Gasteiger partial charge in [-0.25, -0.2) is 4.39 Å². The maximum Gasteiger partial charge on any atom is 0.255 e. The second-order valence-electron chi connectivity index (χ2n) is 7.59. The van der Waals surface area contributed by atoms with Crippen molar-refractivity contribution in [2.24, 2.45) is 5.92 Å². The van der Waals surface area contributed by atoms with E-state index >= 15 is 0 Å². The van der Waals surface area contributed by atoms with Gasteiger partial charge in [0.25, 0.3) is 5.91 Å². The van der Waals surface area contributed by atoms with Crippen molar-refractivity contribution in [1.82, 2.24) is 9.80 Å². The molecule has 2 aliphatic rings. The van der Waals surface area contributed by atoms with Crippen molar-refractivity contribution in [1.29, 1.82) is 0 Å². The van der Waals surface area contributed by atoms with Crippen LogP contribution in [0, 0.1) is 11.7 Å². The highest BCUT2D eigenvalue weighted by Crippen LogP contribution is 2.28. The van der Waals surface area contributed by atoms with Crippen LogP contribution in [-0.4, -0.2) is 41.2 Å². The molecule has 2 aromatic rings. The Bertz CT molecular complexity index is 958. The molecule has 1 saturated heterocycles. The van der Waals surface area contributed by atoms with E-state index in [1.54, 1.807) is 4.90 Å². The number of benzene rings is 2. The topological polar surface area (TPSA) is 40.6 Å². The van der Waals surface area contributed by atoms with Crippen LogP contribution in [-0.2, 0) is 17.8 Å². The number of fused-ring (bicyclic) bond motifs is 1. The molecule has 2 aromatic carbocycles. The third-order valence-corrected chi connectivity index (χ3v) is 6.42. The Hall–Kier alpha value is -2.11. The first-order valence-corrected chi connectivity index (χ1v) is 10.5. The zero-order chi connectivity index (χ0) is 20.5. The summed E-state index contributed by atoms with van der Waals surface area (Å²) in [5.74, 6) is -0.942. The maximum atomic E-state index is 13.8. The van der Waals surface area contributed by atoms with E-state index in [-0.39, 0.29) is 33.3 Å². The van der Waals surface area contributed by atoms with Crippen molar-refractivity contribution in [2.45, 2.75) is 25.8 Å². The first-order chi connectivity index (χ1) is 13.9. The number of likely N-dealkylation sites (tertiary alicyclic amines) is 1. The quantitative estimate of drug-likeness (QED) is 0.649. The summed E-state index contributed by atoms with van der Waals surface area (Å²) in [4.78, 5) is 29.3. The van der Waals surface area contributed by atoms with Crippen molar-refractivity contribution < 1.29 is 14.0 Å². The first-order valence-electron chi connectivity index (χ1n) is 9.73. The molecule has 2 heterocycles. The van der Waals surface area contributed by atoms with Crippen LogP contribution in [0.5, 0.6) is 0 Å². The van der Waals surface area contributed by atoms with Crippen LogP contribution in [0.3, 0.4) is 0 Å². The smallest absolute Gasteiger partial charge is 0.255 e. The van der Waals surface area contributed by atoms with Crippen LogP contribution in [0.2, 0.25) is 10.0 Å². The summed E-state index contributed by atoms with van der Waals surface area (Å²) in [5, 5.41) is 0.0190. The molecule has 0 bridgehead atoms. The molecule has 4 rings (SSSR count). The minimum absolute atomic E-state index is 0.0956. The van der Waals surface area contributed by atoms with Gasteiger partial charge < -0.3 is 9.80 Å². The van der Waals surface area contributed by atoms with Crippen molar-refractivity contribution >= 4 is 35.0 Å². The molecule has 0 aliphatic carbocycles. The van der Waals surface area contributed by atoms with Gasteiger partial charge in [0.15, 0.2) is 0 Å². The number of rotatable bonds is 2. The zero-order valence-corrected chi connectivity index (χ0v) is 17.3. The Balaban J connectivity index is 1.38. The monoisotopic (exact) mass is 434 g/mol. The fraction of sp³-hybridized carbons (Fsp3) is 0.364. The fourth-order valence-electron chi connectivity index (χ4n) is 4.13. The summed E-state index contributed by atoms with van der Waals surface area (Å²) in [6.07, 6.45) is 2.06. The molecule has 2 aliphatic heterocycles. The van der Waals surface area contributed by atoms with Gasteiger partial charge in [-0.2, -0.15) is 0 Å². The first kappa shape index (κ1) is 20.2. The lowest BCUT2D eigenvalue weighted by Crippen LogP contribution is -2.45. The maximum absolute atomic E-state index is 13.8. The van der Waals surface area contributed by atoms with E-state index in [4.69, 9.17) is 23.2 Å². The predicted molar refractivity (Wildman–Crippen MR) is 111 cm³/mol. The Morgan fingerprint density at radius 1 is 0.931 bits per heavy atom. The van der Waals surface area contributed by atoms with Gasteiger partial charge in [-0.15, -0.1) is 0 Å². The highest BCUT2D eigenvalue weighted by atomic mass is 35.5. The van der Waals surface area contributed by atoms with Gasteiger partial charge in [0.2, 0.25) is 5.91 Å². The van der Waals surface area contributed by atoms with Crippen LogP contribution in [0.4, 0.5) is 4.39 Å². The summed E-state index contributed by atoms with van der Waals surface area (Å²) in [7, 11) is 0. The molecule has 152 valence electrons. The fourth-order valence-corrected chi connectivity index (χ4v) is 4.59. The lowest BCUT2D eigenvalue weighted by molar-refractivity contribution is -0.137. The predicted octanol–water partition coefficient (Wildman–Crippen LogP) is 4.57. The molecule has 0 aromatic heterocycles. The van der Waals surface area contributed by atoms with Gasteiger partial charge in [0, 0.05) is 32.1 Å². The van der Waals surface area contributed by atoms with E-state index < -0.39 is 5.82 Å². The van der Waals surface area contributed by atoms with Crippen LogP contribution in [0.15, 0.2) is 36.4 Å². The number of carbonyl (C=O) groups is 2. The lowest BCUT2D eigenvalue weighted by atomic mass is 9.92. The Labute approximate surface area is 179 Å². The summed E-state index contributed by atoms with van der Waals surface area (Å²) in [5.41, 5.74) is 2.62. The van der Waals surface area contributed by atoms with E-state index in [1.165, 1.54) is 17.2 Å². The minimum atomic E-state index is -0.671. The van der Waals surface area contributed by atoms with Gasteiger partial charge in [-0.1, -0.05) is 47.5 Å². The van der Waals surface area contributed by atoms with E-state index in [9.17, 15) is 14.0 Å². The van der Waals surface area contributed by atoms with Crippen LogP contribution in [0.1, 0.15) is 34.3 Å². The van der Waals surface area contributed by atoms with Crippen molar-refractivity contribution in [3.8, 4) is 0 Å². The zero-order valence-electron chi connectivity index (χ0n) is 15.8. The van der Waals surface area contributed by atoms with Crippen LogP contribution < -0.4 is 0 Å². The molecule has 0 atom stereocenters. The van der Waals surface area contributed by atoms with E-state index in [2.05, 4.69) is 12.1 Å². The molecule has 1 fully saturated rings. The number of amides is 2. The van der Waals surface area contributed by atoms with E-state index in [0.29, 0.717) is 32.5 Å². The summed E-state index contributed by atoms with van der Waals surface area (Å²) >= 11 is 11.8. The number of halogens is 3. The minimum Gasteiger partial charge on any atom is -0.339 e. The normalized spacial score (nSPS) is 17.2. The van der Waals surface area contributed by atoms with Crippen LogP contribution >= 0.6 is 23.2 Å². The summed E-state index contributed by atoms with van der Waals surface area (Å²) in [6, 6.07) is 10.5. The molecule has 2 amide bonds. The third-order valence-electron chi connectivity index (χ3n) is 5.81. The van der Waals surface area contributed by atoms with Gasteiger partial charge in [0.1, 0.15) is 5.82 Å². The highest BCUT2D eigenvalue weighted by molar-refractivity contribution is 6.36.